The van der Waals surface area contributed by atoms with Crippen LogP contribution in [0, 0.1) is 13.8 Å². The largest absolute Gasteiger partial charge is 0.478 e. The number of rotatable bonds is 3. The maximum atomic E-state index is 11.2. The Labute approximate surface area is 125 Å². The maximum Gasteiger partial charge on any atom is 0.335 e. The summed E-state index contributed by atoms with van der Waals surface area (Å²) >= 11 is 1.47. The molecule has 0 unspecified atom stereocenters. The molecule has 0 atom stereocenters. The number of carboxylic acid groups (broad SMARTS) is 1. The molecule has 1 aromatic carbocycles. The van der Waals surface area contributed by atoms with Crippen molar-refractivity contribution in [1.29, 1.82) is 0 Å². The molecule has 0 fully saturated rings. The number of aryl methyl sites for hydroxylation is 2. The minimum atomic E-state index is -0.912. The van der Waals surface area contributed by atoms with Crippen molar-refractivity contribution in [3.63, 3.8) is 0 Å². The van der Waals surface area contributed by atoms with Crippen molar-refractivity contribution in [2.75, 3.05) is 0 Å². The third-order valence-electron chi connectivity index (χ3n) is 3.15. The molecule has 1 N–H and O–H groups in total. The molecule has 5 nitrogen and oxygen atoms in total. The van der Waals surface area contributed by atoms with Gasteiger partial charge in [-0.2, -0.15) is 5.10 Å². The number of aromatic nitrogens is 3. The quantitative estimate of drug-likeness (QED) is 0.804. The molecule has 3 rings (SSSR count). The monoisotopic (exact) mass is 299 g/mol. The van der Waals surface area contributed by atoms with Gasteiger partial charge in [-0.25, -0.2) is 14.3 Å². The van der Waals surface area contributed by atoms with Gasteiger partial charge in [-0.1, -0.05) is 17.8 Å². The second-order valence-electron chi connectivity index (χ2n) is 4.78. The first kappa shape index (κ1) is 13.6. The highest BCUT2D eigenvalue weighted by molar-refractivity contribution is 7.99. The van der Waals surface area contributed by atoms with Gasteiger partial charge in [0.2, 0.25) is 0 Å². The van der Waals surface area contributed by atoms with E-state index in [1.165, 1.54) is 18.1 Å². The lowest BCUT2D eigenvalue weighted by molar-refractivity contribution is 0.0696. The van der Waals surface area contributed by atoms with Crippen LogP contribution in [0.25, 0.3) is 5.65 Å². The second-order valence-corrected chi connectivity index (χ2v) is 5.88. The van der Waals surface area contributed by atoms with Gasteiger partial charge in [0, 0.05) is 4.90 Å². The van der Waals surface area contributed by atoms with Crippen LogP contribution in [-0.2, 0) is 0 Å². The van der Waals surface area contributed by atoms with E-state index < -0.39 is 5.97 Å². The van der Waals surface area contributed by atoms with E-state index >= 15 is 0 Å². The molecule has 2 aromatic heterocycles. The van der Waals surface area contributed by atoms with E-state index in [2.05, 4.69) is 10.1 Å². The number of hydrogen-bond acceptors (Lipinski definition) is 4. The smallest absolute Gasteiger partial charge is 0.335 e. The summed E-state index contributed by atoms with van der Waals surface area (Å²) < 4.78 is 1.75. The van der Waals surface area contributed by atoms with E-state index in [0.29, 0.717) is 5.56 Å². The fraction of sp³-hybridized carbons (Fsp3) is 0.133. The zero-order valence-corrected chi connectivity index (χ0v) is 12.4. The van der Waals surface area contributed by atoms with Crippen LogP contribution in [0.1, 0.15) is 21.5 Å². The number of pyridine rings is 1. The number of hydrogen-bond donors (Lipinski definition) is 1. The van der Waals surface area contributed by atoms with Gasteiger partial charge >= 0.3 is 5.97 Å². The van der Waals surface area contributed by atoms with Crippen molar-refractivity contribution >= 4 is 23.4 Å². The molecular formula is C15H13N3O2S. The number of nitrogens with zero attached hydrogens (tertiary/aromatic N) is 3. The molecule has 106 valence electrons. The van der Waals surface area contributed by atoms with Crippen molar-refractivity contribution < 1.29 is 9.90 Å². The average Bonchev–Trinajstić information content (AvgIpc) is 2.88. The molecule has 0 saturated carbocycles. The summed E-state index contributed by atoms with van der Waals surface area (Å²) in [6.07, 6.45) is 1.51. The first-order valence-corrected chi connectivity index (χ1v) is 7.18. The van der Waals surface area contributed by atoms with E-state index in [1.807, 2.05) is 31.2 Å². The van der Waals surface area contributed by atoms with Crippen LogP contribution >= 0.6 is 11.8 Å². The summed E-state index contributed by atoms with van der Waals surface area (Å²) in [6, 6.07) is 9.38. The van der Waals surface area contributed by atoms with E-state index in [4.69, 9.17) is 0 Å². The Hall–Kier alpha value is -2.34. The van der Waals surface area contributed by atoms with E-state index in [-0.39, 0.29) is 0 Å². The second kappa shape index (κ2) is 5.21. The molecule has 0 amide bonds. The van der Waals surface area contributed by atoms with Gasteiger partial charge in [0.25, 0.3) is 0 Å². The Morgan fingerprint density at radius 2 is 2.05 bits per heavy atom. The SMILES string of the molecule is Cc1cc(Sc2ccc(C)c(C(=O)O)c2)n2ncnc2c1. The molecule has 0 aliphatic rings. The van der Waals surface area contributed by atoms with Gasteiger partial charge in [0.05, 0.1) is 5.56 Å². The van der Waals surface area contributed by atoms with Crippen LogP contribution in [-0.4, -0.2) is 25.7 Å². The molecule has 3 aromatic rings. The van der Waals surface area contributed by atoms with E-state index in [0.717, 1.165) is 26.7 Å². The minimum absolute atomic E-state index is 0.322. The topological polar surface area (TPSA) is 67.5 Å². The minimum Gasteiger partial charge on any atom is -0.478 e. The summed E-state index contributed by atoms with van der Waals surface area (Å²) in [4.78, 5) is 16.3. The van der Waals surface area contributed by atoms with Crippen molar-refractivity contribution in [3.8, 4) is 0 Å². The third-order valence-corrected chi connectivity index (χ3v) is 4.14. The number of aromatic carboxylic acids is 1. The third kappa shape index (κ3) is 2.62. The van der Waals surface area contributed by atoms with Gasteiger partial charge in [-0.05, 0) is 49.2 Å². The molecule has 0 aliphatic heterocycles. The first-order valence-electron chi connectivity index (χ1n) is 6.37. The number of carbonyl (C=O) groups is 1. The molecule has 0 bridgehead atoms. The van der Waals surface area contributed by atoms with Crippen LogP contribution in [0.2, 0.25) is 0 Å². The summed E-state index contributed by atoms with van der Waals surface area (Å²) in [5.74, 6) is -0.912. The van der Waals surface area contributed by atoms with Gasteiger partial charge in [-0.15, -0.1) is 0 Å². The molecule has 21 heavy (non-hydrogen) atoms. The zero-order chi connectivity index (χ0) is 15.0. The lowest BCUT2D eigenvalue weighted by Gasteiger charge is -2.07. The Morgan fingerprint density at radius 3 is 2.81 bits per heavy atom. The van der Waals surface area contributed by atoms with E-state index in [1.54, 1.807) is 17.5 Å². The predicted octanol–water partition coefficient (Wildman–Crippen LogP) is 3.20. The molecule has 0 spiro atoms. The first-order chi connectivity index (χ1) is 10.0. The summed E-state index contributed by atoms with van der Waals surface area (Å²) in [6.45, 7) is 3.79. The normalized spacial score (nSPS) is 11.0. The van der Waals surface area contributed by atoms with Crippen molar-refractivity contribution in [1.82, 2.24) is 14.6 Å². The van der Waals surface area contributed by atoms with Gasteiger partial charge < -0.3 is 5.11 Å². The molecule has 6 heteroatoms. The Kier molecular flexibility index (Phi) is 3.39. The molecule has 0 saturated heterocycles. The van der Waals surface area contributed by atoms with Gasteiger partial charge in [0.15, 0.2) is 5.65 Å². The van der Waals surface area contributed by atoms with Crippen LogP contribution in [0.15, 0.2) is 46.6 Å². The standard InChI is InChI=1S/C15H13N3O2S/c1-9-5-13-16-8-17-18(13)14(6-9)21-11-4-3-10(2)12(7-11)15(19)20/h3-8H,1-2H3,(H,19,20). The highest BCUT2D eigenvalue weighted by Gasteiger charge is 2.11. The van der Waals surface area contributed by atoms with Crippen LogP contribution in [0.5, 0.6) is 0 Å². The number of fused-ring (bicyclic) bond motifs is 1. The molecule has 0 radical (unpaired) electrons. The highest BCUT2D eigenvalue weighted by atomic mass is 32.2. The van der Waals surface area contributed by atoms with E-state index in [9.17, 15) is 9.90 Å². The fourth-order valence-electron chi connectivity index (χ4n) is 2.11. The lowest BCUT2D eigenvalue weighted by Crippen LogP contribution is -2.00. The highest BCUT2D eigenvalue weighted by Crippen LogP contribution is 2.30. The van der Waals surface area contributed by atoms with Gasteiger partial charge in [-0.3, -0.25) is 0 Å². The van der Waals surface area contributed by atoms with Crippen LogP contribution < -0.4 is 0 Å². The summed E-state index contributed by atoms with van der Waals surface area (Å²) in [7, 11) is 0. The fourth-order valence-corrected chi connectivity index (χ4v) is 3.13. The van der Waals surface area contributed by atoms with Gasteiger partial charge in [0.1, 0.15) is 11.4 Å². The number of carboxylic acids is 1. The molecule has 0 aliphatic carbocycles. The van der Waals surface area contributed by atoms with Crippen molar-refractivity contribution in [2.45, 2.75) is 23.8 Å². The Morgan fingerprint density at radius 1 is 1.24 bits per heavy atom. The number of benzene rings is 1. The average molecular weight is 299 g/mol. The van der Waals surface area contributed by atoms with Crippen LogP contribution in [0.3, 0.4) is 0 Å². The summed E-state index contributed by atoms with van der Waals surface area (Å²) in [5, 5.41) is 14.3. The summed E-state index contributed by atoms with van der Waals surface area (Å²) in [5.41, 5.74) is 2.94. The molecular weight excluding hydrogens is 286 g/mol. The Bertz CT molecular complexity index is 842. The lowest BCUT2D eigenvalue weighted by atomic mass is 10.1. The zero-order valence-electron chi connectivity index (χ0n) is 11.6. The van der Waals surface area contributed by atoms with Crippen molar-refractivity contribution in [2.24, 2.45) is 0 Å². The Balaban J connectivity index is 2.04. The van der Waals surface area contributed by atoms with Crippen LogP contribution in [0.4, 0.5) is 0 Å². The maximum absolute atomic E-state index is 11.2. The van der Waals surface area contributed by atoms with Crippen molar-refractivity contribution in [3.05, 3.63) is 53.3 Å². The predicted molar refractivity (Wildman–Crippen MR) is 80.0 cm³/mol. The molecule has 2 heterocycles.